The van der Waals surface area contributed by atoms with Gasteiger partial charge in [-0.1, -0.05) is 0 Å². The van der Waals surface area contributed by atoms with Crippen molar-refractivity contribution in [2.75, 3.05) is 43.5 Å². The van der Waals surface area contributed by atoms with Crippen molar-refractivity contribution in [1.82, 2.24) is 9.30 Å². The van der Waals surface area contributed by atoms with Crippen LogP contribution in [0.4, 0.5) is 11.5 Å². The Morgan fingerprint density at radius 3 is 2.28 bits per heavy atom. The first kappa shape index (κ1) is 18.9. The molecular weight excluding hydrogens is 368 g/mol. The molecule has 3 aromatic rings. The average Bonchev–Trinajstić information content (AvgIpc) is 3.17. The number of methoxy groups -OCH3 is 1. The number of carbonyl (C=O) groups excluding carboxylic acids is 2. The number of amides is 2. The number of nitrogens with zero attached hydrogens (tertiary/aromatic N) is 3. The molecule has 0 saturated carbocycles. The molecule has 3 heterocycles. The number of rotatable bonds is 4. The molecule has 2 aromatic heterocycles. The summed E-state index contributed by atoms with van der Waals surface area (Å²) >= 11 is 0. The third kappa shape index (κ3) is 3.89. The number of aromatic nitrogens is 1. The minimum Gasteiger partial charge on any atom is -0.497 e. The van der Waals surface area contributed by atoms with Crippen LogP contribution in [-0.2, 0) is 4.79 Å². The molecule has 29 heavy (non-hydrogen) atoms. The summed E-state index contributed by atoms with van der Waals surface area (Å²) in [6, 6.07) is 15.1. The lowest BCUT2D eigenvalue weighted by Gasteiger charge is -2.35. The number of benzene rings is 1. The molecule has 7 heteroatoms. The summed E-state index contributed by atoms with van der Waals surface area (Å²) in [4.78, 5) is 28.4. The molecule has 4 rings (SSSR count). The summed E-state index contributed by atoms with van der Waals surface area (Å²) < 4.78 is 7.18. The number of piperazine rings is 1. The molecular formula is C22H24N4O3. The molecule has 1 aliphatic rings. The molecule has 1 aliphatic heterocycles. The van der Waals surface area contributed by atoms with Crippen molar-refractivity contribution in [3.63, 3.8) is 0 Å². The van der Waals surface area contributed by atoms with Gasteiger partial charge in [-0.25, -0.2) is 0 Å². The van der Waals surface area contributed by atoms with Gasteiger partial charge >= 0.3 is 0 Å². The van der Waals surface area contributed by atoms with Gasteiger partial charge in [-0.15, -0.1) is 0 Å². The van der Waals surface area contributed by atoms with E-state index < -0.39 is 0 Å². The fourth-order valence-corrected chi connectivity index (χ4v) is 3.61. The predicted octanol–water partition coefficient (Wildman–Crippen LogP) is 2.87. The highest BCUT2D eigenvalue weighted by atomic mass is 16.5. The first-order chi connectivity index (χ1) is 14.0. The van der Waals surface area contributed by atoms with E-state index in [9.17, 15) is 9.59 Å². The van der Waals surface area contributed by atoms with Gasteiger partial charge in [0.1, 0.15) is 11.6 Å². The zero-order valence-electron chi connectivity index (χ0n) is 16.6. The van der Waals surface area contributed by atoms with E-state index in [1.165, 1.54) is 0 Å². The Hall–Kier alpha value is -3.48. The van der Waals surface area contributed by atoms with E-state index in [0.29, 0.717) is 24.3 Å². The van der Waals surface area contributed by atoms with Crippen LogP contribution >= 0.6 is 0 Å². The summed E-state index contributed by atoms with van der Waals surface area (Å²) in [5.74, 6) is 1.72. The third-order valence-electron chi connectivity index (χ3n) is 5.29. The maximum atomic E-state index is 12.7. The van der Waals surface area contributed by atoms with E-state index in [0.717, 1.165) is 30.2 Å². The number of hydrogen-bond donors (Lipinski definition) is 1. The molecule has 1 aromatic carbocycles. The molecule has 0 unspecified atom stereocenters. The molecule has 0 spiro atoms. The molecule has 2 amide bonds. The second-order valence-corrected chi connectivity index (χ2v) is 7.08. The maximum Gasteiger partial charge on any atom is 0.257 e. The monoisotopic (exact) mass is 392 g/mol. The summed E-state index contributed by atoms with van der Waals surface area (Å²) in [7, 11) is 1.61. The molecule has 1 N–H and O–H groups in total. The summed E-state index contributed by atoms with van der Waals surface area (Å²) in [6.07, 6.45) is 1.86. The van der Waals surface area contributed by atoms with Crippen LogP contribution in [0.1, 0.15) is 17.3 Å². The van der Waals surface area contributed by atoms with Gasteiger partial charge in [-0.3, -0.25) is 9.59 Å². The Morgan fingerprint density at radius 2 is 1.62 bits per heavy atom. The second kappa shape index (κ2) is 7.87. The van der Waals surface area contributed by atoms with Crippen LogP contribution in [0.15, 0.2) is 54.7 Å². The Labute approximate surface area is 169 Å². The fourth-order valence-electron chi connectivity index (χ4n) is 3.61. The minimum atomic E-state index is -0.168. The molecule has 1 fully saturated rings. The maximum absolute atomic E-state index is 12.7. The second-order valence-electron chi connectivity index (χ2n) is 7.08. The molecule has 1 saturated heterocycles. The van der Waals surface area contributed by atoms with Crippen molar-refractivity contribution in [1.29, 1.82) is 0 Å². The number of hydrogen-bond acceptors (Lipinski definition) is 4. The van der Waals surface area contributed by atoms with E-state index in [2.05, 4.69) is 16.3 Å². The molecule has 150 valence electrons. The highest BCUT2D eigenvalue weighted by Gasteiger charge is 2.21. The highest BCUT2D eigenvalue weighted by molar-refractivity contribution is 6.04. The van der Waals surface area contributed by atoms with Gasteiger partial charge in [0.05, 0.1) is 12.7 Å². The quantitative estimate of drug-likeness (QED) is 0.742. The summed E-state index contributed by atoms with van der Waals surface area (Å²) in [5.41, 5.74) is 2.31. The first-order valence-corrected chi connectivity index (χ1v) is 9.62. The van der Waals surface area contributed by atoms with Crippen LogP contribution < -0.4 is 15.0 Å². The normalized spacial score (nSPS) is 14.1. The number of anilines is 2. The van der Waals surface area contributed by atoms with Crippen molar-refractivity contribution in [2.24, 2.45) is 0 Å². The molecule has 7 nitrogen and oxygen atoms in total. The standard InChI is InChI=1S/C22H24N4O3/c1-16(27)24-11-13-25(14-12-24)21-10-7-19-6-3-17(15-26(19)21)22(28)23-18-4-8-20(29-2)9-5-18/h3-10,15H,11-14H2,1-2H3,(H,23,28). The molecule has 0 bridgehead atoms. The highest BCUT2D eigenvalue weighted by Crippen LogP contribution is 2.22. The van der Waals surface area contributed by atoms with Gasteiger partial charge < -0.3 is 24.3 Å². The molecule has 0 atom stereocenters. The molecule has 0 radical (unpaired) electrons. The van der Waals surface area contributed by atoms with Crippen LogP contribution in [0.25, 0.3) is 5.52 Å². The Bertz CT molecular complexity index is 1030. The number of pyridine rings is 1. The topological polar surface area (TPSA) is 66.3 Å². The largest absolute Gasteiger partial charge is 0.497 e. The van der Waals surface area contributed by atoms with Gasteiger partial charge in [-0.05, 0) is 48.5 Å². The zero-order chi connectivity index (χ0) is 20.4. The predicted molar refractivity (Wildman–Crippen MR) is 113 cm³/mol. The van der Waals surface area contributed by atoms with Crippen molar-refractivity contribution < 1.29 is 14.3 Å². The zero-order valence-corrected chi connectivity index (χ0v) is 16.6. The minimum absolute atomic E-state index is 0.113. The van der Waals surface area contributed by atoms with Crippen molar-refractivity contribution in [3.8, 4) is 5.75 Å². The van der Waals surface area contributed by atoms with Crippen molar-refractivity contribution in [2.45, 2.75) is 6.92 Å². The van der Waals surface area contributed by atoms with Crippen LogP contribution in [-0.4, -0.2) is 54.4 Å². The first-order valence-electron chi connectivity index (χ1n) is 9.62. The van der Waals surface area contributed by atoms with Gasteiger partial charge in [0.2, 0.25) is 5.91 Å². The SMILES string of the molecule is COc1ccc(NC(=O)c2ccc3ccc(N4CCN(C(C)=O)CC4)n3c2)cc1. The lowest BCUT2D eigenvalue weighted by Crippen LogP contribution is -2.48. The van der Waals surface area contributed by atoms with Gasteiger partial charge in [0, 0.05) is 50.5 Å². The van der Waals surface area contributed by atoms with Crippen LogP contribution in [0.2, 0.25) is 0 Å². The molecule has 0 aliphatic carbocycles. The number of ether oxygens (including phenoxy) is 1. The number of fused-ring (bicyclic) bond motifs is 1. The van der Waals surface area contributed by atoms with E-state index in [-0.39, 0.29) is 11.8 Å². The summed E-state index contributed by atoms with van der Waals surface area (Å²) in [5, 5.41) is 2.92. The lowest BCUT2D eigenvalue weighted by molar-refractivity contribution is -0.129. The van der Waals surface area contributed by atoms with E-state index >= 15 is 0 Å². The van der Waals surface area contributed by atoms with Gasteiger partial charge in [0.15, 0.2) is 0 Å². The van der Waals surface area contributed by atoms with Crippen molar-refractivity contribution >= 4 is 28.8 Å². The smallest absolute Gasteiger partial charge is 0.257 e. The Kier molecular flexibility index (Phi) is 5.12. The lowest BCUT2D eigenvalue weighted by atomic mass is 10.2. The van der Waals surface area contributed by atoms with E-state index in [4.69, 9.17) is 4.74 Å². The average molecular weight is 392 g/mol. The van der Waals surface area contributed by atoms with Crippen LogP contribution in [0.5, 0.6) is 5.75 Å². The number of nitrogens with one attached hydrogen (secondary N) is 1. The number of carbonyl (C=O) groups is 2. The van der Waals surface area contributed by atoms with Crippen molar-refractivity contribution in [3.05, 3.63) is 60.3 Å². The van der Waals surface area contributed by atoms with Gasteiger partial charge in [0.25, 0.3) is 5.91 Å². The third-order valence-corrected chi connectivity index (χ3v) is 5.29. The Balaban J connectivity index is 1.53. The fraction of sp³-hybridized carbons (Fsp3) is 0.273. The van der Waals surface area contributed by atoms with Crippen LogP contribution in [0.3, 0.4) is 0 Å². The van der Waals surface area contributed by atoms with E-state index in [1.807, 2.05) is 58.0 Å². The summed E-state index contributed by atoms with van der Waals surface area (Å²) in [6.45, 7) is 4.57. The van der Waals surface area contributed by atoms with Gasteiger partial charge in [-0.2, -0.15) is 0 Å². The van der Waals surface area contributed by atoms with Crippen LogP contribution in [0, 0.1) is 0 Å². The van der Waals surface area contributed by atoms with E-state index in [1.54, 1.807) is 14.0 Å². The Morgan fingerprint density at radius 1 is 0.931 bits per heavy atom.